The van der Waals surface area contributed by atoms with Gasteiger partial charge in [0.15, 0.2) is 5.78 Å². The molecular weight excluding hydrogens is 192 g/mol. The molecule has 0 bridgehead atoms. The Hall–Kier alpha value is -1.22. The number of Topliss-reactive ketones (excluding diaryl/α,β-unsaturated/α-hetero) is 1. The minimum absolute atomic E-state index is 0.125. The van der Waals surface area contributed by atoms with E-state index < -0.39 is 0 Å². The summed E-state index contributed by atoms with van der Waals surface area (Å²) in [5.74, 6) is -0.844. The number of benzene rings is 1. The third kappa shape index (κ3) is 1.60. The van der Waals surface area contributed by atoms with E-state index in [1.165, 1.54) is 13.0 Å². The van der Waals surface area contributed by atoms with Crippen LogP contribution in [0.25, 0.3) is 0 Å². The van der Waals surface area contributed by atoms with Crippen molar-refractivity contribution in [2.75, 3.05) is 0 Å². The number of aryl methyl sites for hydroxylation is 1. The Morgan fingerprint density at radius 1 is 1.38 bits per heavy atom. The van der Waals surface area contributed by atoms with E-state index in [2.05, 4.69) is 0 Å². The predicted octanol–water partition coefficient (Wildman–Crippen LogP) is 2.26. The fourth-order valence-electron chi connectivity index (χ4n) is 1.03. The molecule has 1 aromatic carbocycles. The van der Waals surface area contributed by atoms with Gasteiger partial charge in [0.2, 0.25) is 0 Å². The number of ketones is 1. The minimum atomic E-state index is -0.364. The van der Waals surface area contributed by atoms with Gasteiger partial charge in [-0.1, -0.05) is 11.6 Å². The highest BCUT2D eigenvalue weighted by molar-refractivity contribution is 6.34. The molecule has 0 radical (unpaired) electrons. The van der Waals surface area contributed by atoms with Crippen molar-refractivity contribution in [1.82, 2.24) is 0 Å². The molecule has 0 unspecified atom stereocenters. The maximum absolute atomic E-state index is 11.0. The summed E-state index contributed by atoms with van der Waals surface area (Å²) in [4.78, 5) is 11.0. The number of hydrogen-bond donors (Lipinski definition) is 2. The molecule has 1 rings (SSSR count). The highest BCUT2D eigenvalue weighted by Crippen LogP contribution is 2.38. The lowest BCUT2D eigenvalue weighted by Crippen LogP contribution is -1.94. The Kier molecular flexibility index (Phi) is 2.48. The maximum Gasteiger partial charge on any atom is 0.163 e. The topological polar surface area (TPSA) is 57.5 Å². The largest absolute Gasteiger partial charge is 0.506 e. The highest BCUT2D eigenvalue weighted by atomic mass is 35.5. The molecule has 0 fully saturated rings. The molecule has 3 nitrogen and oxygen atoms in total. The average Bonchev–Trinajstić information content (AvgIpc) is 2.07. The summed E-state index contributed by atoms with van der Waals surface area (Å²) < 4.78 is 0. The van der Waals surface area contributed by atoms with Crippen molar-refractivity contribution in [2.45, 2.75) is 13.8 Å². The van der Waals surface area contributed by atoms with Gasteiger partial charge in [-0.15, -0.1) is 0 Å². The Morgan fingerprint density at radius 3 is 2.38 bits per heavy atom. The van der Waals surface area contributed by atoms with E-state index in [1.807, 2.05) is 0 Å². The zero-order valence-electron chi connectivity index (χ0n) is 7.26. The summed E-state index contributed by atoms with van der Waals surface area (Å²) in [5, 5.41) is 18.5. The number of carbonyl (C=O) groups excluding carboxylic acids is 1. The SMILES string of the molecule is CC(=O)c1cc(C)c(O)c(Cl)c1O. The van der Waals surface area contributed by atoms with Crippen LogP contribution in [0.3, 0.4) is 0 Å². The Balaban J connectivity index is 3.50. The molecule has 0 saturated heterocycles. The van der Waals surface area contributed by atoms with Crippen LogP contribution in [-0.4, -0.2) is 16.0 Å². The van der Waals surface area contributed by atoms with Crippen molar-refractivity contribution >= 4 is 17.4 Å². The normalized spacial score (nSPS) is 10.1. The van der Waals surface area contributed by atoms with Gasteiger partial charge in [0.25, 0.3) is 0 Å². The summed E-state index contributed by atoms with van der Waals surface area (Å²) in [6.45, 7) is 2.93. The first-order valence-electron chi connectivity index (χ1n) is 3.67. The third-order valence-corrected chi connectivity index (χ3v) is 2.14. The number of hydrogen-bond acceptors (Lipinski definition) is 3. The van der Waals surface area contributed by atoms with E-state index in [4.69, 9.17) is 11.6 Å². The number of halogens is 1. The Bertz CT molecular complexity index is 372. The number of aromatic hydroxyl groups is 2. The second kappa shape index (κ2) is 3.26. The van der Waals surface area contributed by atoms with Crippen LogP contribution in [-0.2, 0) is 0 Å². The Labute approximate surface area is 80.6 Å². The lowest BCUT2D eigenvalue weighted by molar-refractivity contribution is 0.101. The van der Waals surface area contributed by atoms with Gasteiger partial charge in [0.05, 0.1) is 5.56 Å². The molecule has 0 aromatic heterocycles. The van der Waals surface area contributed by atoms with E-state index in [-0.39, 0.29) is 27.9 Å². The number of carbonyl (C=O) groups is 1. The maximum atomic E-state index is 11.0. The fraction of sp³-hybridized carbons (Fsp3) is 0.222. The molecule has 0 atom stereocenters. The molecule has 0 aliphatic heterocycles. The van der Waals surface area contributed by atoms with Crippen molar-refractivity contribution in [3.8, 4) is 11.5 Å². The van der Waals surface area contributed by atoms with E-state index in [0.717, 1.165) is 0 Å². The highest BCUT2D eigenvalue weighted by Gasteiger charge is 2.15. The molecule has 0 amide bonds. The van der Waals surface area contributed by atoms with Crippen molar-refractivity contribution in [1.29, 1.82) is 0 Å². The van der Waals surface area contributed by atoms with Gasteiger partial charge in [-0.25, -0.2) is 0 Å². The zero-order valence-corrected chi connectivity index (χ0v) is 8.01. The molecule has 0 aliphatic carbocycles. The van der Waals surface area contributed by atoms with Gasteiger partial charge in [-0.3, -0.25) is 4.79 Å². The molecular formula is C9H9ClO3. The van der Waals surface area contributed by atoms with Gasteiger partial charge in [-0.2, -0.15) is 0 Å². The fourth-order valence-corrected chi connectivity index (χ4v) is 1.28. The molecule has 0 saturated carbocycles. The smallest absolute Gasteiger partial charge is 0.163 e. The lowest BCUT2D eigenvalue weighted by atomic mass is 10.1. The molecule has 70 valence electrons. The summed E-state index contributed by atoms with van der Waals surface area (Å²) in [6, 6.07) is 1.40. The second-order valence-corrected chi connectivity index (χ2v) is 3.19. The molecule has 2 N–H and O–H groups in total. The number of phenols is 2. The van der Waals surface area contributed by atoms with Crippen molar-refractivity contribution in [3.05, 3.63) is 22.2 Å². The van der Waals surface area contributed by atoms with Crippen LogP contribution in [0.5, 0.6) is 11.5 Å². The second-order valence-electron chi connectivity index (χ2n) is 2.81. The van der Waals surface area contributed by atoms with Gasteiger partial charge in [0.1, 0.15) is 16.5 Å². The average molecular weight is 201 g/mol. The first-order chi connectivity index (χ1) is 5.95. The van der Waals surface area contributed by atoms with Gasteiger partial charge in [0, 0.05) is 0 Å². The van der Waals surface area contributed by atoms with E-state index in [9.17, 15) is 15.0 Å². The van der Waals surface area contributed by atoms with Crippen molar-refractivity contribution in [3.63, 3.8) is 0 Å². The summed E-state index contributed by atoms with van der Waals surface area (Å²) in [7, 11) is 0. The van der Waals surface area contributed by atoms with Crippen LogP contribution < -0.4 is 0 Å². The van der Waals surface area contributed by atoms with Crippen LogP contribution in [0.4, 0.5) is 0 Å². The summed E-state index contributed by atoms with van der Waals surface area (Å²) in [6.07, 6.45) is 0. The van der Waals surface area contributed by atoms with Crippen molar-refractivity contribution < 1.29 is 15.0 Å². The Morgan fingerprint density at radius 2 is 1.92 bits per heavy atom. The van der Waals surface area contributed by atoms with Crippen LogP contribution in [0, 0.1) is 6.92 Å². The molecule has 0 spiro atoms. The van der Waals surface area contributed by atoms with E-state index >= 15 is 0 Å². The van der Waals surface area contributed by atoms with Crippen LogP contribution in [0.15, 0.2) is 6.07 Å². The lowest BCUT2D eigenvalue weighted by Gasteiger charge is -2.07. The summed E-state index contributed by atoms with van der Waals surface area (Å²) in [5.41, 5.74) is 0.591. The van der Waals surface area contributed by atoms with Gasteiger partial charge >= 0.3 is 0 Å². The summed E-state index contributed by atoms with van der Waals surface area (Å²) >= 11 is 5.58. The van der Waals surface area contributed by atoms with Crippen LogP contribution in [0.1, 0.15) is 22.8 Å². The molecule has 4 heteroatoms. The molecule has 13 heavy (non-hydrogen) atoms. The van der Waals surface area contributed by atoms with Gasteiger partial charge in [-0.05, 0) is 25.5 Å². The first-order valence-corrected chi connectivity index (χ1v) is 4.05. The predicted molar refractivity (Wildman–Crippen MR) is 49.5 cm³/mol. The van der Waals surface area contributed by atoms with E-state index in [0.29, 0.717) is 5.56 Å². The quantitative estimate of drug-likeness (QED) is 0.684. The first kappa shape index (κ1) is 9.86. The number of rotatable bonds is 1. The zero-order chi connectivity index (χ0) is 10.2. The molecule has 0 heterocycles. The standard InChI is InChI=1S/C9H9ClO3/c1-4-3-6(5(2)11)9(13)7(10)8(4)12/h3,12-13H,1-2H3. The number of phenolic OH excluding ortho intramolecular Hbond substituents is 2. The van der Waals surface area contributed by atoms with Crippen LogP contribution in [0.2, 0.25) is 5.02 Å². The van der Waals surface area contributed by atoms with Crippen LogP contribution >= 0.6 is 11.6 Å². The minimum Gasteiger partial charge on any atom is -0.506 e. The van der Waals surface area contributed by atoms with E-state index in [1.54, 1.807) is 6.92 Å². The molecule has 1 aromatic rings. The third-order valence-electron chi connectivity index (χ3n) is 1.78. The monoisotopic (exact) mass is 200 g/mol. The molecule has 0 aliphatic rings. The van der Waals surface area contributed by atoms with Gasteiger partial charge < -0.3 is 10.2 Å². The van der Waals surface area contributed by atoms with Crippen molar-refractivity contribution in [2.24, 2.45) is 0 Å².